The van der Waals surface area contributed by atoms with Crippen molar-refractivity contribution in [2.45, 2.75) is 33.2 Å². The lowest BCUT2D eigenvalue weighted by Gasteiger charge is -2.15. The lowest BCUT2D eigenvalue weighted by Crippen LogP contribution is -2.40. The zero-order chi connectivity index (χ0) is 16.5. The van der Waals surface area contributed by atoms with E-state index in [-0.39, 0.29) is 11.8 Å². The van der Waals surface area contributed by atoms with E-state index in [0.717, 1.165) is 0 Å². The van der Waals surface area contributed by atoms with Gasteiger partial charge in [0, 0.05) is 12.1 Å². The molecule has 120 valence electrons. The van der Waals surface area contributed by atoms with Crippen LogP contribution in [-0.4, -0.2) is 35.5 Å². The molecular formula is C16H23N3O3. The molecule has 3 N–H and O–H groups in total. The first-order valence-electron chi connectivity index (χ1n) is 7.34. The first-order valence-corrected chi connectivity index (χ1v) is 7.34. The van der Waals surface area contributed by atoms with E-state index in [4.69, 9.17) is 0 Å². The summed E-state index contributed by atoms with van der Waals surface area (Å²) < 4.78 is 0. The predicted octanol–water partition coefficient (Wildman–Crippen LogP) is 2.25. The highest BCUT2D eigenvalue weighted by Gasteiger charge is 2.20. The standard InChI is InChI=1S/C16H23N3O3/c1-4-17-16(22)19-14(12-8-6-5-7-9-12)18-13(15(20)21)10-11(2)3/h5-9,11,13H,4,10H2,1-3H3,(H,20,21)(H2,17,18,19,22). The van der Waals surface area contributed by atoms with Crippen LogP contribution in [0.2, 0.25) is 0 Å². The summed E-state index contributed by atoms with van der Waals surface area (Å²) in [6.45, 7) is 6.15. The van der Waals surface area contributed by atoms with Crippen LogP contribution in [0, 0.1) is 5.92 Å². The molecule has 0 aliphatic heterocycles. The number of hydrogen-bond donors (Lipinski definition) is 3. The van der Waals surface area contributed by atoms with Crippen molar-refractivity contribution in [2.24, 2.45) is 10.9 Å². The fourth-order valence-corrected chi connectivity index (χ4v) is 1.90. The van der Waals surface area contributed by atoms with Gasteiger partial charge in [0.25, 0.3) is 0 Å². The van der Waals surface area contributed by atoms with Gasteiger partial charge in [0.2, 0.25) is 0 Å². The smallest absolute Gasteiger partial charge is 0.328 e. The van der Waals surface area contributed by atoms with Gasteiger partial charge in [0.05, 0.1) is 0 Å². The third-order valence-corrected chi connectivity index (χ3v) is 2.88. The summed E-state index contributed by atoms with van der Waals surface area (Å²) in [5, 5.41) is 14.6. The summed E-state index contributed by atoms with van der Waals surface area (Å²) in [6, 6.07) is 7.72. The number of urea groups is 1. The van der Waals surface area contributed by atoms with Crippen molar-refractivity contribution in [3.63, 3.8) is 0 Å². The lowest BCUT2D eigenvalue weighted by molar-refractivity contribution is -0.138. The van der Waals surface area contributed by atoms with Crippen LogP contribution < -0.4 is 10.6 Å². The second-order valence-corrected chi connectivity index (χ2v) is 5.31. The number of benzene rings is 1. The molecular weight excluding hydrogens is 282 g/mol. The van der Waals surface area contributed by atoms with E-state index in [2.05, 4.69) is 15.6 Å². The molecule has 1 aromatic rings. The third kappa shape index (κ3) is 5.95. The largest absolute Gasteiger partial charge is 0.480 e. The number of aliphatic carboxylic acids is 1. The van der Waals surface area contributed by atoms with Crippen molar-refractivity contribution in [3.8, 4) is 0 Å². The van der Waals surface area contributed by atoms with E-state index in [1.165, 1.54) is 0 Å². The van der Waals surface area contributed by atoms with Gasteiger partial charge in [-0.2, -0.15) is 0 Å². The molecule has 0 saturated carbocycles. The number of amides is 2. The van der Waals surface area contributed by atoms with Gasteiger partial charge >= 0.3 is 12.0 Å². The number of rotatable bonds is 6. The number of nitrogens with zero attached hydrogens (tertiary/aromatic N) is 1. The molecule has 0 radical (unpaired) electrons. The average Bonchev–Trinajstić information content (AvgIpc) is 2.46. The maximum absolute atomic E-state index is 11.7. The molecule has 0 saturated heterocycles. The Bertz CT molecular complexity index is 527. The van der Waals surface area contributed by atoms with E-state index < -0.39 is 18.0 Å². The summed E-state index contributed by atoms with van der Waals surface area (Å²) in [5.41, 5.74) is 0.670. The van der Waals surface area contributed by atoms with E-state index in [0.29, 0.717) is 18.5 Å². The molecule has 0 aliphatic rings. The number of carboxylic acid groups (broad SMARTS) is 1. The van der Waals surface area contributed by atoms with Gasteiger partial charge < -0.3 is 10.4 Å². The van der Waals surface area contributed by atoms with Gasteiger partial charge in [-0.1, -0.05) is 44.2 Å². The Morgan fingerprint density at radius 1 is 1.23 bits per heavy atom. The Hall–Kier alpha value is -2.37. The molecule has 1 atom stereocenters. The Morgan fingerprint density at radius 2 is 1.86 bits per heavy atom. The number of nitrogens with one attached hydrogen (secondary N) is 2. The van der Waals surface area contributed by atoms with Crippen LogP contribution in [-0.2, 0) is 4.79 Å². The fourth-order valence-electron chi connectivity index (χ4n) is 1.90. The van der Waals surface area contributed by atoms with Gasteiger partial charge in [0.15, 0.2) is 0 Å². The first kappa shape index (κ1) is 17.7. The Kier molecular flexibility index (Phi) is 7.08. The summed E-state index contributed by atoms with van der Waals surface area (Å²) in [7, 11) is 0. The zero-order valence-electron chi connectivity index (χ0n) is 13.2. The molecule has 0 aliphatic carbocycles. The number of carbonyl (C=O) groups excluding carboxylic acids is 1. The maximum Gasteiger partial charge on any atom is 0.328 e. The first-order chi connectivity index (χ1) is 10.4. The SMILES string of the molecule is CCNC(=O)NC(=NC(CC(C)C)C(=O)O)c1ccccc1. The van der Waals surface area contributed by atoms with Gasteiger partial charge in [-0.25, -0.2) is 9.59 Å². The summed E-state index contributed by atoms with van der Waals surface area (Å²) in [5.74, 6) is -0.550. The Morgan fingerprint density at radius 3 is 2.36 bits per heavy atom. The molecule has 1 rings (SSSR count). The summed E-state index contributed by atoms with van der Waals surface area (Å²) in [4.78, 5) is 27.4. The second kappa shape index (κ2) is 8.81. The molecule has 1 aromatic carbocycles. The quantitative estimate of drug-likeness (QED) is 0.556. The van der Waals surface area contributed by atoms with Crippen LogP contribution in [0.3, 0.4) is 0 Å². The highest BCUT2D eigenvalue weighted by atomic mass is 16.4. The highest BCUT2D eigenvalue weighted by Crippen LogP contribution is 2.10. The van der Waals surface area contributed by atoms with Crippen LogP contribution in [0.25, 0.3) is 0 Å². The molecule has 0 heterocycles. The zero-order valence-corrected chi connectivity index (χ0v) is 13.2. The minimum atomic E-state index is -1.00. The number of carboxylic acids is 1. The number of aliphatic imine (C=N–C) groups is 1. The van der Waals surface area contributed by atoms with Crippen molar-refractivity contribution >= 4 is 17.8 Å². The maximum atomic E-state index is 11.7. The lowest BCUT2D eigenvalue weighted by atomic mass is 10.0. The van der Waals surface area contributed by atoms with Gasteiger partial charge in [-0.15, -0.1) is 0 Å². The molecule has 6 nitrogen and oxygen atoms in total. The predicted molar refractivity (Wildman–Crippen MR) is 86.1 cm³/mol. The van der Waals surface area contributed by atoms with Crippen molar-refractivity contribution in [1.82, 2.24) is 10.6 Å². The minimum absolute atomic E-state index is 0.186. The number of hydrogen-bond acceptors (Lipinski definition) is 3. The van der Waals surface area contributed by atoms with E-state index in [9.17, 15) is 14.7 Å². The van der Waals surface area contributed by atoms with Crippen LogP contribution in [0.4, 0.5) is 4.79 Å². The van der Waals surface area contributed by atoms with Crippen LogP contribution >= 0.6 is 0 Å². The Labute approximate surface area is 130 Å². The summed E-state index contributed by atoms with van der Waals surface area (Å²) in [6.07, 6.45) is 0.405. The monoisotopic (exact) mass is 305 g/mol. The molecule has 2 amide bonds. The number of carbonyl (C=O) groups is 2. The topological polar surface area (TPSA) is 90.8 Å². The molecule has 22 heavy (non-hydrogen) atoms. The number of amidine groups is 1. The molecule has 6 heteroatoms. The molecule has 0 spiro atoms. The van der Waals surface area contributed by atoms with Crippen molar-refractivity contribution < 1.29 is 14.7 Å². The van der Waals surface area contributed by atoms with Crippen LogP contribution in [0.5, 0.6) is 0 Å². The van der Waals surface area contributed by atoms with Gasteiger partial charge in [0.1, 0.15) is 11.9 Å². The molecule has 0 fully saturated rings. The molecule has 1 unspecified atom stereocenters. The van der Waals surface area contributed by atoms with Crippen molar-refractivity contribution in [3.05, 3.63) is 35.9 Å². The third-order valence-electron chi connectivity index (χ3n) is 2.88. The summed E-state index contributed by atoms with van der Waals surface area (Å²) >= 11 is 0. The van der Waals surface area contributed by atoms with E-state index in [1.54, 1.807) is 19.1 Å². The second-order valence-electron chi connectivity index (χ2n) is 5.31. The Balaban J connectivity index is 3.09. The highest BCUT2D eigenvalue weighted by molar-refractivity contribution is 6.08. The molecule has 0 bridgehead atoms. The molecule has 0 aromatic heterocycles. The van der Waals surface area contributed by atoms with E-state index in [1.807, 2.05) is 32.0 Å². The van der Waals surface area contributed by atoms with Gasteiger partial charge in [-0.3, -0.25) is 10.3 Å². The minimum Gasteiger partial charge on any atom is -0.480 e. The van der Waals surface area contributed by atoms with E-state index >= 15 is 0 Å². The van der Waals surface area contributed by atoms with Crippen LogP contribution in [0.1, 0.15) is 32.8 Å². The normalized spacial score (nSPS) is 12.8. The fraction of sp³-hybridized carbons (Fsp3) is 0.438. The van der Waals surface area contributed by atoms with Gasteiger partial charge in [-0.05, 0) is 19.3 Å². The van der Waals surface area contributed by atoms with Crippen LogP contribution in [0.15, 0.2) is 35.3 Å². The average molecular weight is 305 g/mol. The van der Waals surface area contributed by atoms with Crippen molar-refractivity contribution in [2.75, 3.05) is 6.54 Å². The van der Waals surface area contributed by atoms with Crippen molar-refractivity contribution in [1.29, 1.82) is 0 Å².